The van der Waals surface area contributed by atoms with Crippen LogP contribution in [0.2, 0.25) is 0 Å². The second-order valence-corrected chi connectivity index (χ2v) is 3.58. The molecule has 0 saturated heterocycles. The Kier molecular flexibility index (Phi) is 4.74. The molecule has 1 heteroatoms. The first kappa shape index (κ1) is 9.50. The van der Waals surface area contributed by atoms with E-state index in [0.717, 1.165) is 19.1 Å². The third kappa shape index (κ3) is 3.70. The summed E-state index contributed by atoms with van der Waals surface area (Å²) in [6.45, 7) is 0. The summed E-state index contributed by atoms with van der Waals surface area (Å²) >= 11 is 0. The Morgan fingerprint density at radius 1 is 1.00 bits per heavy atom. The van der Waals surface area contributed by atoms with Crippen LogP contribution in [0.15, 0.2) is 12.2 Å². The van der Waals surface area contributed by atoms with Gasteiger partial charge in [-0.1, -0.05) is 25.0 Å². The van der Waals surface area contributed by atoms with Gasteiger partial charge in [-0.15, -0.1) is 0 Å². The van der Waals surface area contributed by atoms with Crippen LogP contribution in [0.4, 0.5) is 0 Å². The molecular weight excluding hydrogens is 148 g/mol. The molecule has 1 nitrogen and oxygen atoms in total. The van der Waals surface area contributed by atoms with Gasteiger partial charge in [-0.05, 0) is 32.1 Å². The van der Waals surface area contributed by atoms with Gasteiger partial charge in [0.05, 0.1) is 0 Å². The van der Waals surface area contributed by atoms with Crippen molar-refractivity contribution in [3.63, 3.8) is 0 Å². The Morgan fingerprint density at radius 3 is 1.83 bits per heavy atom. The number of hydrogen-bond donors (Lipinski definition) is 0. The molecule has 0 radical (unpaired) electrons. The lowest BCUT2D eigenvalue weighted by atomic mass is 10.1. The van der Waals surface area contributed by atoms with Crippen LogP contribution in [0.1, 0.15) is 44.9 Å². The van der Waals surface area contributed by atoms with Crippen LogP contribution in [0, 0.1) is 5.92 Å². The van der Waals surface area contributed by atoms with Crippen molar-refractivity contribution in [1.29, 1.82) is 0 Å². The van der Waals surface area contributed by atoms with Gasteiger partial charge in [0.15, 0.2) is 0 Å². The van der Waals surface area contributed by atoms with Gasteiger partial charge < -0.3 is 4.79 Å². The van der Waals surface area contributed by atoms with Crippen molar-refractivity contribution < 1.29 is 4.79 Å². The van der Waals surface area contributed by atoms with Crippen molar-refractivity contribution in [2.75, 3.05) is 0 Å². The zero-order chi connectivity index (χ0) is 8.65. The average Bonchev–Trinajstić information content (AvgIpc) is 2.81. The summed E-state index contributed by atoms with van der Waals surface area (Å²) in [7, 11) is 0. The van der Waals surface area contributed by atoms with Crippen LogP contribution >= 0.6 is 0 Å². The fourth-order valence-corrected chi connectivity index (χ4v) is 1.68. The highest BCUT2D eigenvalue weighted by molar-refractivity contribution is 5.53. The predicted octanol–water partition coefficient (Wildman–Crippen LogP) is 3.10. The topological polar surface area (TPSA) is 17.1 Å². The molecule has 0 aromatic carbocycles. The molecule has 0 spiro atoms. The van der Waals surface area contributed by atoms with Crippen LogP contribution < -0.4 is 0 Å². The van der Waals surface area contributed by atoms with Crippen LogP contribution in [-0.4, -0.2) is 6.29 Å². The van der Waals surface area contributed by atoms with Crippen LogP contribution in [0.3, 0.4) is 0 Å². The Labute approximate surface area is 74.9 Å². The Balaban J connectivity index is 0.000000127. The molecule has 2 aliphatic rings. The summed E-state index contributed by atoms with van der Waals surface area (Å²) in [5.41, 5.74) is 0. The maximum atomic E-state index is 10.0. The van der Waals surface area contributed by atoms with Crippen molar-refractivity contribution in [1.82, 2.24) is 0 Å². The fourth-order valence-electron chi connectivity index (χ4n) is 1.68. The van der Waals surface area contributed by atoms with Gasteiger partial charge in [-0.25, -0.2) is 0 Å². The summed E-state index contributed by atoms with van der Waals surface area (Å²) in [4.78, 5) is 10.0. The highest BCUT2D eigenvalue weighted by Crippen LogP contribution is 2.21. The molecule has 2 aliphatic carbocycles. The van der Waals surface area contributed by atoms with Crippen molar-refractivity contribution in [3.8, 4) is 0 Å². The van der Waals surface area contributed by atoms with E-state index in [1.54, 1.807) is 0 Å². The standard InChI is InChI=1S/C6H10O.C5H8/c7-5-6-3-1-2-4-6;1-2-4-5-3-1/h5-6H,1-4H2;1-2H,3-5H2. The van der Waals surface area contributed by atoms with E-state index >= 15 is 0 Å². The number of hydrogen-bond acceptors (Lipinski definition) is 1. The summed E-state index contributed by atoms with van der Waals surface area (Å²) in [5, 5.41) is 0. The van der Waals surface area contributed by atoms with E-state index in [2.05, 4.69) is 12.2 Å². The number of allylic oxidation sites excluding steroid dienone is 2. The molecule has 12 heavy (non-hydrogen) atoms. The summed E-state index contributed by atoms with van der Waals surface area (Å²) in [6.07, 6.45) is 14.4. The second-order valence-electron chi connectivity index (χ2n) is 3.58. The quantitative estimate of drug-likeness (QED) is 0.432. The van der Waals surface area contributed by atoms with E-state index in [9.17, 15) is 4.79 Å². The van der Waals surface area contributed by atoms with Crippen LogP contribution in [-0.2, 0) is 4.79 Å². The van der Waals surface area contributed by atoms with Crippen molar-refractivity contribution in [2.45, 2.75) is 44.9 Å². The number of carbonyl (C=O) groups is 1. The van der Waals surface area contributed by atoms with E-state index in [-0.39, 0.29) is 0 Å². The van der Waals surface area contributed by atoms with E-state index in [1.165, 1.54) is 32.1 Å². The van der Waals surface area contributed by atoms with E-state index < -0.39 is 0 Å². The summed E-state index contributed by atoms with van der Waals surface area (Å²) < 4.78 is 0. The third-order valence-corrected chi connectivity index (χ3v) is 2.50. The molecule has 1 fully saturated rings. The Hall–Kier alpha value is -0.590. The van der Waals surface area contributed by atoms with Gasteiger partial charge in [0.1, 0.15) is 6.29 Å². The second kappa shape index (κ2) is 5.99. The van der Waals surface area contributed by atoms with Crippen LogP contribution in [0.5, 0.6) is 0 Å². The fraction of sp³-hybridized carbons (Fsp3) is 0.727. The largest absolute Gasteiger partial charge is 0.303 e. The maximum absolute atomic E-state index is 10.0. The first-order chi connectivity index (χ1) is 5.93. The number of aldehydes is 1. The van der Waals surface area contributed by atoms with E-state index in [4.69, 9.17) is 0 Å². The minimum Gasteiger partial charge on any atom is -0.303 e. The van der Waals surface area contributed by atoms with Gasteiger partial charge in [-0.3, -0.25) is 0 Å². The SMILES string of the molecule is C1=CCCC1.O=CC1CCCC1. The predicted molar refractivity (Wildman–Crippen MR) is 51.0 cm³/mol. The van der Waals surface area contributed by atoms with Gasteiger partial charge in [0.25, 0.3) is 0 Å². The first-order valence-corrected chi connectivity index (χ1v) is 5.04. The monoisotopic (exact) mass is 166 g/mol. The van der Waals surface area contributed by atoms with Crippen molar-refractivity contribution >= 4 is 6.29 Å². The molecule has 0 heterocycles. The Morgan fingerprint density at radius 2 is 1.58 bits per heavy atom. The van der Waals surface area contributed by atoms with Gasteiger partial charge in [0, 0.05) is 5.92 Å². The lowest BCUT2D eigenvalue weighted by Gasteiger charge is -1.90. The highest BCUT2D eigenvalue weighted by atomic mass is 16.1. The minimum absolute atomic E-state index is 0.417. The average molecular weight is 166 g/mol. The number of rotatable bonds is 1. The molecule has 2 rings (SSSR count). The number of carbonyl (C=O) groups excluding carboxylic acids is 1. The normalized spacial score (nSPS) is 22.0. The first-order valence-electron chi connectivity index (χ1n) is 5.04. The highest BCUT2D eigenvalue weighted by Gasteiger charge is 2.12. The smallest absolute Gasteiger partial charge is 0.123 e. The summed E-state index contributed by atoms with van der Waals surface area (Å²) in [6, 6.07) is 0. The molecule has 68 valence electrons. The zero-order valence-electron chi connectivity index (χ0n) is 7.67. The van der Waals surface area contributed by atoms with Gasteiger partial charge in [0.2, 0.25) is 0 Å². The molecular formula is C11H18O. The molecule has 0 bridgehead atoms. The lowest BCUT2D eigenvalue weighted by molar-refractivity contribution is -0.110. The molecule has 1 saturated carbocycles. The molecule has 0 unspecified atom stereocenters. The van der Waals surface area contributed by atoms with Gasteiger partial charge in [-0.2, -0.15) is 0 Å². The molecule has 0 aliphatic heterocycles. The molecule has 0 N–H and O–H groups in total. The van der Waals surface area contributed by atoms with Crippen molar-refractivity contribution in [3.05, 3.63) is 12.2 Å². The third-order valence-electron chi connectivity index (χ3n) is 2.50. The van der Waals surface area contributed by atoms with Crippen molar-refractivity contribution in [2.24, 2.45) is 5.92 Å². The van der Waals surface area contributed by atoms with Crippen LogP contribution in [0.25, 0.3) is 0 Å². The molecule has 0 amide bonds. The lowest BCUT2D eigenvalue weighted by Crippen LogP contribution is -1.91. The molecule has 0 aromatic heterocycles. The van der Waals surface area contributed by atoms with E-state index in [0.29, 0.717) is 5.92 Å². The molecule has 0 aromatic rings. The molecule has 0 atom stereocenters. The van der Waals surface area contributed by atoms with E-state index in [1.807, 2.05) is 0 Å². The Bertz CT molecular complexity index is 137. The maximum Gasteiger partial charge on any atom is 0.123 e. The zero-order valence-corrected chi connectivity index (χ0v) is 7.67. The summed E-state index contributed by atoms with van der Waals surface area (Å²) in [5.74, 6) is 0.417. The van der Waals surface area contributed by atoms with Gasteiger partial charge >= 0.3 is 0 Å². The minimum atomic E-state index is 0.417.